The maximum atomic E-state index is 6.46. The van der Waals surface area contributed by atoms with Crippen LogP contribution in [-0.2, 0) is 0 Å². The molecule has 0 bridgehead atoms. The number of thiophene rings is 1. The summed E-state index contributed by atoms with van der Waals surface area (Å²) in [5.41, 5.74) is 11.4. The summed E-state index contributed by atoms with van der Waals surface area (Å²) < 4.78 is 7.76. The van der Waals surface area contributed by atoms with Crippen molar-refractivity contribution >= 4 is 43.4 Å². The summed E-state index contributed by atoms with van der Waals surface area (Å²) in [4.78, 5) is 4.82. The van der Waals surface area contributed by atoms with E-state index in [9.17, 15) is 0 Å². The van der Waals surface area contributed by atoms with Gasteiger partial charge in [-0.2, -0.15) is 0 Å². The molecule has 0 saturated heterocycles. The zero-order valence-corrected chi connectivity index (χ0v) is 19.4. The zero-order chi connectivity index (χ0) is 22.0. The van der Waals surface area contributed by atoms with Crippen LogP contribution in [0.4, 0.5) is 0 Å². The van der Waals surface area contributed by atoms with Gasteiger partial charge in [0.15, 0.2) is 0 Å². The van der Waals surface area contributed by atoms with Crippen molar-refractivity contribution in [2.24, 2.45) is 0 Å². The molecule has 0 atom stereocenters. The number of hydrogen-bond donors (Lipinski definition) is 0. The van der Waals surface area contributed by atoms with Gasteiger partial charge in [-0.15, -0.1) is 11.3 Å². The summed E-state index contributed by atoms with van der Waals surface area (Å²) in [5, 5.41) is 5.79. The Bertz CT molecular complexity index is 1650. The van der Waals surface area contributed by atoms with Crippen LogP contribution >= 0.6 is 11.3 Å². The quantitative estimate of drug-likeness (QED) is 0.273. The molecule has 0 N–H and O–H groups in total. The average Bonchev–Trinajstić information content (AvgIpc) is 3.33. The van der Waals surface area contributed by atoms with Crippen LogP contribution in [0.3, 0.4) is 0 Å². The van der Waals surface area contributed by atoms with Crippen LogP contribution in [0.15, 0.2) is 70.6 Å². The van der Waals surface area contributed by atoms with E-state index in [1.807, 2.05) is 6.20 Å². The van der Waals surface area contributed by atoms with E-state index in [0.29, 0.717) is 0 Å². The molecule has 0 aliphatic heterocycles. The van der Waals surface area contributed by atoms with E-state index in [4.69, 9.17) is 9.40 Å². The Morgan fingerprint density at radius 3 is 2.31 bits per heavy atom. The van der Waals surface area contributed by atoms with Gasteiger partial charge in [0.05, 0.1) is 5.69 Å². The third-order valence-electron chi connectivity index (χ3n) is 6.52. The van der Waals surface area contributed by atoms with E-state index in [0.717, 1.165) is 27.8 Å². The molecule has 0 spiro atoms. The molecule has 0 unspecified atom stereocenters. The van der Waals surface area contributed by atoms with Gasteiger partial charge in [0.25, 0.3) is 0 Å². The topological polar surface area (TPSA) is 26.0 Å². The molecule has 6 aromatic rings. The third kappa shape index (κ3) is 2.81. The molecule has 3 aromatic carbocycles. The van der Waals surface area contributed by atoms with E-state index >= 15 is 0 Å². The Labute approximate surface area is 191 Å². The molecule has 0 saturated carbocycles. The van der Waals surface area contributed by atoms with Gasteiger partial charge in [0, 0.05) is 27.2 Å². The van der Waals surface area contributed by atoms with Gasteiger partial charge < -0.3 is 4.42 Å². The van der Waals surface area contributed by atoms with E-state index in [2.05, 4.69) is 87.7 Å². The predicted octanol–water partition coefficient (Wildman–Crippen LogP) is 8.76. The van der Waals surface area contributed by atoms with E-state index in [-0.39, 0.29) is 0 Å². The number of aryl methyl sites for hydroxylation is 4. The Morgan fingerprint density at radius 2 is 1.50 bits per heavy atom. The molecular formula is C29H23NOS. The number of benzene rings is 3. The highest BCUT2D eigenvalue weighted by Gasteiger charge is 2.17. The monoisotopic (exact) mass is 433 g/mol. The second-order valence-electron chi connectivity index (χ2n) is 8.70. The number of aromatic nitrogens is 1. The lowest BCUT2D eigenvalue weighted by Gasteiger charge is -2.14. The van der Waals surface area contributed by atoms with Gasteiger partial charge >= 0.3 is 0 Å². The summed E-state index contributed by atoms with van der Waals surface area (Å²) in [5.74, 6) is 0. The molecule has 32 heavy (non-hydrogen) atoms. The molecule has 3 heteroatoms. The van der Waals surface area contributed by atoms with E-state index in [1.165, 1.54) is 48.9 Å². The van der Waals surface area contributed by atoms with Gasteiger partial charge in [-0.25, -0.2) is 0 Å². The lowest BCUT2D eigenvalue weighted by atomic mass is 9.92. The van der Waals surface area contributed by atoms with Crippen molar-refractivity contribution < 1.29 is 4.42 Å². The van der Waals surface area contributed by atoms with Crippen molar-refractivity contribution in [2.75, 3.05) is 0 Å². The van der Waals surface area contributed by atoms with Crippen LogP contribution in [0.1, 0.15) is 22.3 Å². The van der Waals surface area contributed by atoms with E-state index < -0.39 is 0 Å². The largest absolute Gasteiger partial charge is 0.455 e. The average molecular weight is 434 g/mol. The van der Waals surface area contributed by atoms with Crippen molar-refractivity contribution in [1.82, 2.24) is 4.98 Å². The number of hydrogen-bond acceptors (Lipinski definition) is 3. The van der Waals surface area contributed by atoms with Gasteiger partial charge in [-0.1, -0.05) is 30.3 Å². The normalized spacial score (nSPS) is 11.8. The summed E-state index contributed by atoms with van der Waals surface area (Å²) >= 11 is 1.79. The molecule has 0 aliphatic rings. The molecule has 2 nitrogen and oxygen atoms in total. The molecule has 0 aliphatic carbocycles. The standard InChI is InChI=1S/C29H23NOS/c1-16-7-5-8-17(2)28(16)23-11-25(30-14-18(23)3)21-10-6-9-20-24-13-27-22(19(4)15-32-27)12-26(24)31-29(20)21/h5-15H,1-4H3. The number of nitrogens with zero attached hydrogens (tertiary/aromatic N) is 1. The maximum Gasteiger partial charge on any atom is 0.144 e. The zero-order valence-electron chi connectivity index (χ0n) is 18.6. The summed E-state index contributed by atoms with van der Waals surface area (Å²) in [6, 6.07) is 19.5. The fourth-order valence-corrected chi connectivity index (χ4v) is 5.79. The highest BCUT2D eigenvalue weighted by molar-refractivity contribution is 7.17. The highest BCUT2D eigenvalue weighted by Crippen LogP contribution is 2.40. The van der Waals surface area contributed by atoms with Gasteiger partial charge in [0.1, 0.15) is 11.2 Å². The minimum atomic E-state index is 0.904. The molecule has 0 radical (unpaired) electrons. The van der Waals surface area contributed by atoms with E-state index in [1.54, 1.807) is 11.3 Å². The van der Waals surface area contributed by atoms with Crippen LogP contribution in [-0.4, -0.2) is 4.98 Å². The Kier molecular flexibility index (Phi) is 4.24. The number of pyridine rings is 1. The molecule has 6 rings (SSSR count). The lowest BCUT2D eigenvalue weighted by Crippen LogP contribution is -1.94. The summed E-state index contributed by atoms with van der Waals surface area (Å²) in [6.07, 6.45) is 1.98. The summed E-state index contributed by atoms with van der Waals surface area (Å²) in [7, 11) is 0. The molecule has 0 amide bonds. The minimum Gasteiger partial charge on any atom is -0.455 e. The summed E-state index contributed by atoms with van der Waals surface area (Å²) in [6.45, 7) is 8.64. The Hall–Kier alpha value is -3.43. The smallest absolute Gasteiger partial charge is 0.144 e. The van der Waals surface area contributed by atoms with Crippen LogP contribution in [0.5, 0.6) is 0 Å². The Balaban J connectivity index is 1.61. The van der Waals surface area contributed by atoms with Crippen LogP contribution in [0.25, 0.3) is 54.4 Å². The second-order valence-corrected chi connectivity index (χ2v) is 9.61. The molecule has 156 valence electrons. The van der Waals surface area contributed by atoms with Crippen LogP contribution in [0.2, 0.25) is 0 Å². The first-order valence-electron chi connectivity index (χ1n) is 10.9. The second kappa shape index (κ2) is 7.04. The van der Waals surface area contributed by atoms with Crippen LogP contribution in [0, 0.1) is 27.7 Å². The lowest BCUT2D eigenvalue weighted by molar-refractivity contribution is 0.670. The predicted molar refractivity (Wildman–Crippen MR) is 137 cm³/mol. The van der Waals surface area contributed by atoms with Crippen molar-refractivity contribution in [1.29, 1.82) is 0 Å². The first-order valence-corrected chi connectivity index (χ1v) is 11.8. The number of fused-ring (bicyclic) bond motifs is 4. The molecular weight excluding hydrogens is 410 g/mol. The molecule has 0 fully saturated rings. The number of furan rings is 1. The molecule has 3 heterocycles. The van der Waals surface area contributed by atoms with Crippen molar-refractivity contribution in [2.45, 2.75) is 27.7 Å². The molecule has 3 aromatic heterocycles. The fourth-order valence-electron chi connectivity index (χ4n) is 4.83. The fraction of sp³-hybridized carbons (Fsp3) is 0.138. The van der Waals surface area contributed by atoms with Gasteiger partial charge in [0.2, 0.25) is 0 Å². The van der Waals surface area contributed by atoms with Gasteiger partial charge in [-0.3, -0.25) is 4.98 Å². The van der Waals surface area contributed by atoms with Gasteiger partial charge in [-0.05, 0) is 96.1 Å². The highest BCUT2D eigenvalue weighted by atomic mass is 32.1. The van der Waals surface area contributed by atoms with Crippen LogP contribution < -0.4 is 0 Å². The SMILES string of the molecule is Cc1cnc(-c2cccc3c2oc2cc4c(C)csc4cc23)cc1-c1c(C)cccc1C. The Morgan fingerprint density at radius 1 is 0.719 bits per heavy atom. The minimum absolute atomic E-state index is 0.904. The van der Waals surface area contributed by atoms with Crippen molar-refractivity contribution in [3.63, 3.8) is 0 Å². The third-order valence-corrected chi connectivity index (χ3v) is 7.58. The van der Waals surface area contributed by atoms with Crippen molar-refractivity contribution in [3.05, 3.63) is 88.4 Å². The number of rotatable bonds is 2. The first-order chi connectivity index (χ1) is 15.5. The van der Waals surface area contributed by atoms with Crippen molar-refractivity contribution in [3.8, 4) is 22.4 Å². The number of para-hydroxylation sites is 1. The first kappa shape index (κ1) is 19.3. The maximum absolute atomic E-state index is 6.46.